The van der Waals surface area contributed by atoms with Gasteiger partial charge in [0.25, 0.3) is 5.91 Å². The number of hydrogen-bond acceptors (Lipinski definition) is 3. The molecule has 1 N–H and O–H groups in total. The van der Waals surface area contributed by atoms with Gasteiger partial charge in [0.15, 0.2) is 0 Å². The Morgan fingerprint density at radius 2 is 1.86 bits per heavy atom. The Morgan fingerprint density at radius 1 is 1.18 bits per heavy atom. The van der Waals surface area contributed by atoms with Crippen molar-refractivity contribution in [2.75, 3.05) is 20.2 Å². The largest absolute Gasteiger partial charge is 0.496 e. The van der Waals surface area contributed by atoms with E-state index in [1.807, 2.05) is 0 Å². The van der Waals surface area contributed by atoms with Crippen LogP contribution in [0.4, 0.5) is 4.39 Å². The summed E-state index contributed by atoms with van der Waals surface area (Å²) in [5, 5.41) is 3.46. The van der Waals surface area contributed by atoms with Crippen LogP contribution in [0.3, 0.4) is 0 Å². The van der Waals surface area contributed by atoms with Crippen LogP contribution in [0.25, 0.3) is 0 Å². The van der Waals surface area contributed by atoms with Crippen LogP contribution >= 0.6 is 11.6 Å². The average Bonchev–Trinajstić information content (AvgIpc) is 2.70. The molecule has 2 aromatic rings. The lowest BCUT2D eigenvalue weighted by molar-refractivity contribution is -0.131. The molecule has 0 aromatic heterocycles. The molecular formula is C21H22ClFN2O3. The molecule has 0 spiro atoms. The van der Waals surface area contributed by atoms with Gasteiger partial charge in [-0.3, -0.25) is 9.59 Å². The summed E-state index contributed by atoms with van der Waals surface area (Å²) in [5.74, 6) is -0.0822. The first kappa shape index (κ1) is 20.1. The number of amides is 2. The number of carbonyl (C=O) groups excluding carboxylic acids is 2. The second kappa shape index (κ2) is 9.06. The molecule has 1 aliphatic heterocycles. The number of piperidine rings is 1. The molecule has 148 valence electrons. The zero-order valence-corrected chi connectivity index (χ0v) is 16.3. The lowest BCUT2D eigenvalue weighted by Gasteiger charge is -2.32. The zero-order chi connectivity index (χ0) is 20.1. The van der Waals surface area contributed by atoms with E-state index in [4.69, 9.17) is 16.3 Å². The number of halogens is 2. The Bertz CT molecular complexity index is 849. The van der Waals surface area contributed by atoms with Gasteiger partial charge < -0.3 is 15.0 Å². The maximum Gasteiger partial charge on any atom is 0.255 e. The van der Waals surface area contributed by atoms with Gasteiger partial charge >= 0.3 is 0 Å². The molecule has 28 heavy (non-hydrogen) atoms. The van der Waals surface area contributed by atoms with E-state index in [0.29, 0.717) is 42.3 Å². The summed E-state index contributed by atoms with van der Waals surface area (Å²) in [6, 6.07) is 10.8. The normalized spacial score (nSPS) is 14.6. The molecule has 1 heterocycles. The third-order valence-electron chi connectivity index (χ3n) is 4.86. The number of likely N-dealkylation sites (tertiary alicyclic amines) is 1. The highest BCUT2D eigenvalue weighted by Gasteiger charge is 2.25. The van der Waals surface area contributed by atoms with Crippen molar-refractivity contribution < 1.29 is 18.7 Å². The summed E-state index contributed by atoms with van der Waals surface area (Å²) in [5.41, 5.74) is 1.18. The lowest BCUT2D eigenvalue weighted by atomic mass is 10.0. The van der Waals surface area contributed by atoms with Crippen molar-refractivity contribution in [2.24, 2.45) is 0 Å². The van der Waals surface area contributed by atoms with Crippen molar-refractivity contribution in [3.05, 3.63) is 64.4 Å². The van der Waals surface area contributed by atoms with Gasteiger partial charge in [0.2, 0.25) is 5.91 Å². The van der Waals surface area contributed by atoms with Crippen molar-refractivity contribution in [3.8, 4) is 5.75 Å². The predicted molar refractivity (Wildman–Crippen MR) is 105 cm³/mol. The van der Waals surface area contributed by atoms with Crippen LogP contribution in [0.1, 0.15) is 28.8 Å². The summed E-state index contributed by atoms with van der Waals surface area (Å²) in [4.78, 5) is 26.8. The monoisotopic (exact) mass is 404 g/mol. The molecule has 1 aliphatic rings. The van der Waals surface area contributed by atoms with Crippen LogP contribution in [0, 0.1) is 5.82 Å². The summed E-state index contributed by atoms with van der Waals surface area (Å²) >= 11 is 5.99. The van der Waals surface area contributed by atoms with E-state index >= 15 is 0 Å². The van der Waals surface area contributed by atoms with Crippen LogP contribution in [0.2, 0.25) is 5.02 Å². The van der Waals surface area contributed by atoms with Crippen LogP contribution < -0.4 is 10.1 Å². The molecule has 0 saturated carbocycles. The second-order valence-electron chi connectivity index (χ2n) is 6.78. The standard InChI is InChI=1S/C21H22ClFN2O3/c1-28-19-7-4-15(22)13-18(19)21(27)24-17-8-10-25(11-9-17)20(26)12-14-2-5-16(23)6-3-14/h2-7,13,17H,8-12H2,1H3,(H,24,27). The van der Waals surface area contributed by atoms with E-state index in [0.717, 1.165) is 5.56 Å². The number of benzene rings is 2. The minimum Gasteiger partial charge on any atom is -0.496 e. The fourth-order valence-electron chi connectivity index (χ4n) is 3.28. The highest BCUT2D eigenvalue weighted by Crippen LogP contribution is 2.23. The molecule has 1 saturated heterocycles. The Hall–Kier alpha value is -2.60. The number of methoxy groups -OCH3 is 1. The molecule has 0 unspecified atom stereocenters. The molecule has 3 rings (SSSR count). The zero-order valence-electron chi connectivity index (χ0n) is 15.6. The van der Waals surface area contributed by atoms with Crippen LogP contribution in [-0.4, -0.2) is 43.0 Å². The van der Waals surface area contributed by atoms with E-state index in [-0.39, 0.29) is 30.1 Å². The topological polar surface area (TPSA) is 58.6 Å². The van der Waals surface area contributed by atoms with Crippen molar-refractivity contribution >= 4 is 23.4 Å². The van der Waals surface area contributed by atoms with E-state index < -0.39 is 0 Å². The first-order chi connectivity index (χ1) is 13.5. The Morgan fingerprint density at radius 3 is 2.50 bits per heavy atom. The van der Waals surface area contributed by atoms with Gasteiger partial charge in [0.1, 0.15) is 11.6 Å². The molecule has 2 amide bonds. The third-order valence-corrected chi connectivity index (χ3v) is 5.09. The van der Waals surface area contributed by atoms with Gasteiger partial charge in [-0.15, -0.1) is 0 Å². The maximum atomic E-state index is 13.0. The molecule has 0 radical (unpaired) electrons. The Labute approximate surface area is 168 Å². The molecular weight excluding hydrogens is 383 g/mol. The summed E-state index contributed by atoms with van der Waals surface area (Å²) in [6.07, 6.45) is 1.59. The number of carbonyl (C=O) groups is 2. The summed E-state index contributed by atoms with van der Waals surface area (Å²) < 4.78 is 18.2. The lowest BCUT2D eigenvalue weighted by Crippen LogP contribution is -2.47. The summed E-state index contributed by atoms with van der Waals surface area (Å²) in [6.45, 7) is 1.13. The first-order valence-electron chi connectivity index (χ1n) is 9.13. The molecule has 2 aromatic carbocycles. The quantitative estimate of drug-likeness (QED) is 0.830. The number of ether oxygens (including phenoxy) is 1. The van der Waals surface area contributed by atoms with Gasteiger partial charge in [-0.05, 0) is 48.7 Å². The fraction of sp³-hybridized carbons (Fsp3) is 0.333. The molecule has 0 aliphatic carbocycles. The minimum absolute atomic E-state index is 0.00731. The molecule has 0 bridgehead atoms. The Kier molecular flexibility index (Phi) is 6.52. The molecule has 0 atom stereocenters. The smallest absolute Gasteiger partial charge is 0.255 e. The van der Waals surface area contributed by atoms with E-state index in [1.54, 1.807) is 35.2 Å². The van der Waals surface area contributed by atoms with Gasteiger partial charge in [-0.25, -0.2) is 4.39 Å². The predicted octanol–water partition coefficient (Wildman–Crippen LogP) is 3.45. The third kappa shape index (κ3) is 5.01. The molecule has 1 fully saturated rings. The van der Waals surface area contributed by atoms with E-state index in [1.165, 1.54) is 19.2 Å². The van der Waals surface area contributed by atoms with Crippen molar-refractivity contribution in [3.63, 3.8) is 0 Å². The van der Waals surface area contributed by atoms with Gasteiger partial charge in [-0.1, -0.05) is 23.7 Å². The summed E-state index contributed by atoms with van der Waals surface area (Å²) in [7, 11) is 1.51. The maximum absolute atomic E-state index is 13.0. The molecule has 5 nitrogen and oxygen atoms in total. The average molecular weight is 405 g/mol. The number of hydrogen-bond donors (Lipinski definition) is 1. The van der Waals surface area contributed by atoms with E-state index in [2.05, 4.69) is 5.32 Å². The van der Waals surface area contributed by atoms with Gasteiger partial charge in [0, 0.05) is 24.2 Å². The van der Waals surface area contributed by atoms with Crippen LogP contribution in [0.15, 0.2) is 42.5 Å². The van der Waals surface area contributed by atoms with Crippen LogP contribution in [0.5, 0.6) is 5.75 Å². The highest BCUT2D eigenvalue weighted by molar-refractivity contribution is 6.31. The van der Waals surface area contributed by atoms with Crippen molar-refractivity contribution in [1.82, 2.24) is 10.2 Å². The first-order valence-corrected chi connectivity index (χ1v) is 9.50. The van der Waals surface area contributed by atoms with E-state index in [9.17, 15) is 14.0 Å². The number of nitrogens with zero attached hydrogens (tertiary/aromatic N) is 1. The number of rotatable bonds is 5. The second-order valence-corrected chi connectivity index (χ2v) is 7.21. The fourth-order valence-corrected chi connectivity index (χ4v) is 3.45. The minimum atomic E-state index is -0.316. The SMILES string of the molecule is COc1ccc(Cl)cc1C(=O)NC1CCN(C(=O)Cc2ccc(F)cc2)CC1. The van der Waals surface area contributed by atoms with Crippen molar-refractivity contribution in [1.29, 1.82) is 0 Å². The van der Waals surface area contributed by atoms with Gasteiger partial charge in [0.05, 0.1) is 19.1 Å². The Balaban J connectivity index is 1.52. The van der Waals surface area contributed by atoms with Crippen LogP contribution in [-0.2, 0) is 11.2 Å². The molecule has 7 heteroatoms. The highest BCUT2D eigenvalue weighted by atomic mass is 35.5. The van der Waals surface area contributed by atoms with Crippen molar-refractivity contribution in [2.45, 2.75) is 25.3 Å². The number of nitrogens with one attached hydrogen (secondary N) is 1. The van der Waals surface area contributed by atoms with Gasteiger partial charge in [-0.2, -0.15) is 0 Å².